The quantitative estimate of drug-likeness (QED) is 0.235. The first-order valence-electron chi connectivity index (χ1n) is 9.38. The molecule has 1 unspecified atom stereocenters. The van der Waals surface area contributed by atoms with Gasteiger partial charge in [0.25, 0.3) is 0 Å². The van der Waals surface area contributed by atoms with Crippen LogP contribution in [0.1, 0.15) is 46.3 Å². The third-order valence-electron chi connectivity index (χ3n) is 3.90. The molecule has 0 aliphatic rings. The molecule has 0 fully saturated rings. The zero-order chi connectivity index (χ0) is 20.4. The largest absolute Gasteiger partial charge is 0.491 e. The Kier molecular flexibility index (Phi) is 12.1. The average molecular weight is 506 g/mol. The molecule has 0 aromatic heterocycles. The number of benzene rings is 1. The topological polar surface area (TPSA) is 95.0 Å². The first kappa shape index (κ1) is 26.4. The summed E-state index contributed by atoms with van der Waals surface area (Å²) < 4.78 is 5.67. The fourth-order valence-corrected chi connectivity index (χ4v) is 2.41. The maximum absolute atomic E-state index is 11.9. The van der Waals surface area contributed by atoms with Crippen molar-refractivity contribution in [1.82, 2.24) is 16.0 Å². The van der Waals surface area contributed by atoms with Gasteiger partial charge in [0.05, 0.1) is 24.2 Å². The summed E-state index contributed by atoms with van der Waals surface area (Å²) in [7, 11) is 1.62. The number of nitrogens with one attached hydrogen (secondary N) is 3. The van der Waals surface area contributed by atoms with Gasteiger partial charge in [-0.25, -0.2) is 0 Å². The second kappa shape index (κ2) is 12.8. The van der Waals surface area contributed by atoms with Gasteiger partial charge in [0, 0.05) is 20.1 Å². The number of nitrogens with zero attached hydrogens (tertiary/aromatic N) is 1. The molecule has 0 heterocycles. The Labute approximate surface area is 185 Å². The van der Waals surface area contributed by atoms with Gasteiger partial charge in [-0.2, -0.15) is 0 Å². The lowest BCUT2D eigenvalue weighted by Gasteiger charge is -2.21. The summed E-state index contributed by atoms with van der Waals surface area (Å²) in [6.07, 6.45) is -0.636. The summed E-state index contributed by atoms with van der Waals surface area (Å²) >= 11 is 0. The van der Waals surface area contributed by atoms with Gasteiger partial charge in [0.15, 0.2) is 5.96 Å². The average Bonchev–Trinajstić information content (AvgIpc) is 2.62. The standard InChI is InChI=1S/C20H34N4O3.HI/c1-7-22-19(24-13-20(4,5)18(26)21-6)23-12-17(25)15-9-8-10-16(11-15)27-14(2)3;/h8-11,14,17,25H,7,12-13H2,1-6H3,(H,21,26)(H2,22,23,24);1H. The maximum atomic E-state index is 11.9. The number of aliphatic imine (C=N–C) groups is 1. The van der Waals surface area contributed by atoms with Gasteiger partial charge < -0.3 is 25.8 Å². The van der Waals surface area contributed by atoms with E-state index in [1.165, 1.54) is 0 Å². The van der Waals surface area contributed by atoms with Gasteiger partial charge in [-0.05, 0) is 52.3 Å². The molecule has 0 aliphatic heterocycles. The van der Waals surface area contributed by atoms with Crippen molar-refractivity contribution < 1.29 is 14.6 Å². The number of rotatable bonds is 9. The van der Waals surface area contributed by atoms with Crippen LogP contribution in [0.4, 0.5) is 0 Å². The van der Waals surface area contributed by atoms with Crippen molar-refractivity contribution in [2.24, 2.45) is 10.4 Å². The Hall–Kier alpha value is -1.55. The molecule has 1 rings (SSSR count). The minimum Gasteiger partial charge on any atom is -0.491 e. The number of amides is 1. The summed E-state index contributed by atoms with van der Waals surface area (Å²) in [5.74, 6) is 1.22. The van der Waals surface area contributed by atoms with Crippen molar-refractivity contribution in [3.63, 3.8) is 0 Å². The highest BCUT2D eigenvalue weighted by Gasteiger charge is 2.26. The van der Waals surface area contributed by atoms with Crippen molar-refractivity contribution >= 4 is 35.8 Å². The molecule has 1 amide bonds. The second-order valence-corrected chi connectivity index (χ2v) is 7.29. The predicted octanol–water partition coefficient (Wildman–Crippen LogP) is 2.45. The number of ether oxygens (including phenoxy) is 1. The van der Waals surface area contributed by atoms with Gasteiger partial charge in [-0.3, -0.25) is 9.79 Å². The lowest BCUT2D eigenvalue weighted by molar-refractivity contribution is -0.128. The van der Waals surface area contributed by atoms with Gasteiger partial charge >= 0.3 is 0 Å². The zero-order valence-corrected chi connectivity index (χ0v) is 20.0. The molecule has 0 spiro atoms. The molecule has 28 heavy (non-hydrogen) atoms. The highest BCUT2D eigenvalue weighted by molar-refractivity contribution is 14.0. The lowest BCUT2D eigenvalue weighted by Crippen LogP contribution is -2.42. The van der Waals surface area contributed by atoms with E-state index in [9.17, 15) is 9.90 Å². The van der Waals surface area contributed by atoms with Gasteiger partial charge in [0.2, 0.25) is 5.91 Å². The molecule has 0 saturated heterocycles. The van der Waals surface area contributed by atoms with E-state index in [0.717, 1.165) is 11.3 Å². The van der Waals surface area contributed by atoms with Crippen LogP contribution in [0.25, 0.3) is 0 Å². The van der Waals surface area contributed by atoms with Gasteiger partial charge in [-0.15, -0.1) is 24.0 Å². The number of halogens is 1. The molecule has 0 saturated carbocycles. The molecule has 0 radical (unpaired) electrons. The summed E-state index contributed by atoms with van der Waals surface area (Å²) in [5, 5.41) is 19.4. The van der Waals surface area contributed by atoms with E-state index in [1.54, 1.807) is 7.05 Å². The smallest absolute Gasteiger partial charge is 0.227 e. The SMILES string of the molecule is CCNC(=NCC(C)(C)C(=O)NC)NCC(O)c1cccc(OC(C)C)c1.I. The van der Waals surface area contributed by atoms with E-state index in [2.05, 4.69) is 20.9 Å². The number of hydrogen-bond donors (Lipinski definition) is 4. The first-order valence-corrected chi connectivity index (χ1v) is 9.38. The van der Waals surface area contributed by atoms with E-state index >= 15 is 0 Å². The first-order chi connectivity index (χ1) is 12.7. The van der Waals surface area contributed by atoms with Crippen LogP contribution in [0.2, 0.25) is 0 Å². The number of carbonyl (C=O) groups excluding carboxylic acids is 1. The monoisotopic (exact) mass is 506 g/mol. The minimum atomic E-state index is -0.712. The Balaban J connectivity index is 0.00000729. The van der Waals surface area contributed by atoms with Crippen molar-refractivity contribution in [2.75, 3.05) is 26.7 Å². The Morgan fingerprint density at radius 2 is 1.96 bits per heavy atom. The summed E-state index contributed by atoms with van der Waals surface area (Å²) in [6, 6.07) is 7.43. The number of aliphatic hydroxyl groups is 1. The molecule has 4 N–H and O–H groups in total. The molecule has 160 valence electrons. The predicted molar refractivity (Wildman–Crippen MR) is 124 cm³/mol. The maximum Gasteiger partial charge on any atom is 0.227 e. The van der Waals surface area contributed by atoms with Crippen LogP contribution >= 0.6 is 24.0 Å². The molecular formula is C20H35IN4O3. The van der Waals surface area contributed by atoms with Crippen molar-refractivity contribution in [3.8, 4) is 5.75 Å². The number of carbonyl (C=O) groups is 1. The molecule has 0 aliphatic carbocycles. The van der Waals surface area contributed by atoms with Crippen LogP contribution in [0.5, 0.6) is 5.75 Å². The molecule has 7 nitrogen and oxygen atoms in total. The van der Waals surface area contributed by atoms with Crippen LogP contribution in [-0.4, -0.2) is 49.8 Å². The number of hydrogen-bond acceptors (Lipinski definition) is 4. The minimum absolute atomic E-state index is 0. The normalized spacial score (nSPS) is 12.8. The molecule has 1 atom stereocenters. The number of aliphatic hydroxyl groups excluding tert-OH is 1. The zero-order valence-electron chi connectivity index (χ0n) is 17.7. The van der Waals surface area contributed by atoms with Crippen molar-refractivity contribution in [3.05, 3.63) is 29.8 Å². The van der Waals surface area contributed by atoms with Crippen LogP contribution in [0, 0.1) is 5.41 Å². The third-order valence-corrected chi connectivity index (χ3v) is 3.90. The molecular weight excluding hydrogens is 471 g/mol. The van der Waals surface area contributed by atoms with Crippen molar-refractivity contribution in [2.45, 2.75) is 46.8 Å². The highest BCUT2D eigenvalue weighted by Crippen LogP contribution is 2.20. The highest BCUT2D eigenvalue weighted by atomic mass is 127. The van der Waals surface area contributed by atoms with Gasteiger partial charge in [0.1, 0.15) is 5.75 Å². The lowest BCUT2D eigenvalue weighted by atomic mass is 9.93. The van der Waals surface area contributed by atoms with E-state index < -0.39 is 11.5 Å². The number of guanidine groups is 1. The fraction of sp³-hybridized carbons (Fsp3) is 0.600. The molecule has 1 aromatic carbocycles. The van der Waals surface area contributed by atoms with Crippen LogP contribution in [-0.2, 0) is 4.79 Å². The van der Waals surface area contributed by atoms with E-state index in [4.69, 9.17) is 4.74 Å². The van der Waals surface area contributed by atoms with Crippen LogP contribution in [0.15, 0.2) is 29.3 Å². The Bertz CT molecular complexity index is 636. The summed E-state index contributed by atoms with van der Waals surface area (Å²) in [5.41, 5.74) is 0.153. The Morgan fingerprint density at radius 1 is 1.29 bits per heavy atom. The molecule has 0 bridgehead atoms. The molecule has 1 aromatic rings. The summed E-state index contributed by atoms with van der Waals surface area (Å²) in [6.45, 7) is 10.9. The summed E-state index contributed by atoms with van der Waals surface area (Å²) in [4.78, 5) is 16.4. The fourth-order valence-electron chi connectivity index (χ4n) is 2.41. The van der Waals surface area contributed by atoms with Gasteiger partial charge in [-0.1, -0.05) is 12.1 Å². The van der Waals surface area contributed by atoms with Crippen LogP contribution in [0.3, 0.4) is 0 Å². The van der Waals surface area contributed by atoms with E-state index in [0.29, 0.717) is 19.0 Å². The van der Waals surface area contributed by atoms with E-state index in [1.807, 2.05) is 58.9 Å². The second-order valence-electron chi connectivity index (χ2n) is 7.29. The molecule has 8 heteroatoms. The van der Waals surface area contributed by atoms with Crippen molar-refractivity contribution in [1.29, 1.82) is 0 Å². The van der Waals surface area contributed by atoms with E-state index in [-0.39, 0.29) is 42.5 Å². The third kappa shape index (κ3) is 9.09. The Morgan fingerprint density at radius 3 is 2.54 bits per heavy atom. The van der Waals surface area contributed by atoms with Crippen LogP contribution < -0.4 is 20.7 Å².